The SMILES string of the molecule is CN1CCCC1c1ncc(-c2ccc(-c3ccc4c(c3)=CCC(c3cnc(CCc5ccccc5)[nH]3)C=4)cc2)[nH]1. The standard InChI is InChI=1S/C35H35N5/c1-40-19-5-8-33(40)35-37-23-31(39-35)26-12-10-25(11-13-26)27-14-15-29-21-30(17-16-28(29)20-27)32-22-36-34(38-32)18-9-24-6-3-2-4-7-24/h2-4,6-7,10-16,20-23,30,33H,5,8-9,17-19H2,1H3,(H,36,38)(H,37,39). The Hall–Kier alpha value is -4.22. The molecule has 3 heterocycles. The molecule has 2 N–H and O–H groups in total. The van der Waals surface area contributed by atoms with Crippen LogP contribution in [0.15, 0.2) is 85.2 Å². The predicted octanol–water partition coefficient (Wildman–Crippen LogP) is 5.77. The number of aryl methyl sites for hydroxylation is 2. The molecule has 0 spiro atoms. The van der Waals surface area contributed by atoms with Gasteiger partial charge < -0.3 is 9.97 Å². The summed E-state index contributed by atoms with van der Waals surface area (Å²) in [6, 6.07) is 26.7. The molecule has 3 aromatic carbocycles. The molecule has 2 aromatic heterocycles. The van der Waals surface area contributed by atoms with E-state index in [-0.39, 0.29) is 0 Å². The molecule has 5 nitrogen and oxygen atoms in total. The van der Waals surface area contributed by atoms with E-state index in [0.29, 0.717) is 12.0 Å². The second kappa shape index (κ2) is 10.7. The van der Waals surface area contributed by atoms with Gasteiger partial charge in [0.25, 0.3) is 0 Å². The molecule has 0 amide bonds. The topological polar surface area (TPSA) is 60.6 Å². The highest BCUT2D eigenvalue weighted by molar-refractivity contribution is 5.69. The summed E-state index contributed by atoms with van der Waals surface area (Å²) in [6.07, 6.45) is 14.1. The molecule has 0 saturated carbocycles. The van der Waals surface area contributed by atoms with Crippen LogP contribution in [-0.2, 0) is 12.8 Å². The van der Waals surface area contributed by atoms with E-state index in [9.17, 15) is 0 Å². The minimum Gasteiger partial charge on any atom is -0.345 e. The highest BCUT2D eigenvalue weighted by atomic mass is 15.2. The average molecular weight is 526 g/mol. The van der Waals surface area contributed by atoms with Crippen molar-refractivity contribution in [2.24, 2.45) is 0 Å². The highest BCUT2D eigenvalue weighted by Gasteiger charge is 2.25. The number of aromatic nitrogens is 4. The molecule has 2 atom stereocenters. The quantitative estimate of drug-likeness (QED) is 0.284. The van der Waals surface area contributed by atoms with Crippen LogP contribution in [0.1, 0.15) is 54.1 Å². The molecule has 0 radical (unpaired) electrons. The molecule has 1 aliphatic heterocycles. The summed E-state index contributed by atoms with van der Waals surface area (Å²) in [4.78, 5) is 18.9. The number of hydrogen-bond donors (Lipinski definition) is 2. The molecule has 7 rings (SSSR count). The molecule has 200 valence electrons. The third kappa shape index (κ3) is 5.05. The van der Waals surface area contributed by atoms with Crippen molar-refractivity contribution in [3.05, 3.63) is 119 Å². The zero-order valence-electron chi connectivity index (χ0n) is 23.0. The second-order valence-corrected chi connectivity index (χ2v) is 11.2. The number of fused-ring (bicyclic) bond motifs is 1. The van der Waals surface area contributed by atoms with Crippen LogP contribution in [0.5, 0.6) is 0 Å². The Morgan fingerprint density at radius 1 is 0.825 bits per heavy atom. The summed E-state index contributed by atoms with van der Waals surface area (Å²) in [5.74, 6) is 2.48. The van der Waals surface area contributed by atoms with Gasteiger partial charge in [0.1, 0.15) is 11.6 Å². The Morgan fingerprint density at radius 2 is 1.65 bits per heavy atom. The fourth-order valence-corrected chi connectivity index (χ4v) is 6.19. The van der Waals surface area contributed by atoms with Gasteiger partial charge in [-0.05, 0) is 78.0 Å². The number of benzene rings is 3. The largest absolute Gasteiger partial charge is 0.345 e. The van der Waals surface area contributed by atoms with Crippen molar-refractivity contribution in [2.45, 2.75) is 44.1 Å². The lowest BCUT2D eigenvalue weighted by Crippen LogP contribution is -2.28. The molecule has 1 fully saturated rings. The third-order valence-corrected chi connectivity index (χ3v) is 8.56. The zero-order chi connectivity index (χ0) is 26.9. The van der Waals surface area contributed by atoms with Crippen LogP contribution in [0, 0.1) is 0 Å². The maximum absolute atomic E-state index is 4.69. The molecular formula is C35H35N5. The smallest absolute Gasteiger partial charge is 0.123 e. The number of imidazole rings is 2. The summed E-state index contributed by atoms with van der Waals surface area (Å²) in [6.45, 7) is 1.14. The predicted molar refractivity (Wildman–Crippen MR) is 162 cm³/mol. The van der Waals surface area contributed by atoms with Gasteiger partial charge in [-0.3, -0.25) is 4.90 Å². The van der Waals surface area contributed by atoms with Gasteiger partial charge in [0, 0.05) is 24.2 Å². The van der Waals surface area contributed by atoms with Crippen LogP contribution in [0.25, 0.3) is 34.5 Å². The van der Waals surface area contributed by atoms with E-state index in [1.54, 1.807) is 0 Å². The Morgan fingerprint density at radius 3 is 2.48 bits per heavy atom. The van der Waals surface area contributed by atoms with E-state index in [2.05, 4.69) is 112 Å². The number of aromatic amines is 2. The van der Waals surface area contributed by atoms with Gasteiger partial charge in [-0.2, -0.15) is 0 Å². The summed E-state index contributed by atoms with van der Waals surface area (Å²) in [7, 11) is 2.18. The van der Waals surface area contributed by atoms with Crippen molar-refractivity contribution in [1.82, 2.24) is 24.8 Å². The minimum atomic E-state index is 0.332. The van der Waals surface area contributed by atoms with Crippen molar-refractivity contribution in [1.29, 1.82) is 0 Å². The van der Waals surface area contributed by atoms with Crippen LogP contribution in [0.4, 0.5) is 0 Å². The maximum Gasteiger partial charge on any atom is 0.123 e. The van der Waals surface area contributed by atoms with Crippen molar-refractivity contribution in [2.75, 3.05) is 13.6 Å². The summed E-state index contributed by atoms with van der Waals surface area (Å²) < 4.78 is 0. The summed E-state index contributed by atoms with van der Waals surface area (Å²) in [5, 5.41) is 2.60. The third-order valence-electron chi connectivity index (χ3n) is 8.56. The summed E-state index contributed by atoms with van der Waals surface area (Å²) >= 11 is 0. The minimum absolute atomic E-state index is 0.332. The van der Waals surface area contributed by atoms with E-state index in [1.807, 2.05) is 12.4 Å². The van der Waals surface area contributed by atoms with Crippen LogP contribution in [0.3, 0.4) is 0 Å². The zero-order valence-corrected chi connectivity index (χ0v) is 23.0. The monoisotopic (exact) mass is 525 g/mol. The van der Waals surface area contributed by atoms with Crippen molar-refractivity contribution >= 4 is 12.2 Å². The van der Waals surface area contributed by atoms with Gasteiger partial charge in [0.2, 0.25) is 0 Å². The summed E-state index contributed by atoms with van der Waals surface area (Å²) in [5.41, 5.74) is 7.28. The van der Waals surface area contributed by atoms with Crippen LogP contribution >= 0.6 is 0 Å². The Bertz CT molecular complexity index is 1730. The number of hydrogen-bond acceptors (Lipinski definition) is 3. The van der Waals surface area contributed by atoms with Crippen molar-refractivity contribution < 1.29 is 0 Å². The molecule has 5 aromatic rings. The van der Waals surface area contributed by atoms with E-state index in [4.69, 9.17) is 4.98 Å². The Labute approximate surface area is 235 Å². The molecule has 1 aliphatic carbocycles. The van der Waals surface area contributed by atoms with Gasteiger partial charge >= 0.3 is 0 Å². The number of nitrogens with one attached hydrogen (secondary N) is 2. The lowest BCUT2D eigenvalue weighted by atomic mass is 9.93. The second-order valence-electron chi connectivity index (χ2n) is 11.2. The molecule has 2 unspecified atom stereocenters. The first-order chi connectivity index (χ1) is 19.7. The van der Waals surface area contributed by atoms with Crippen LogP contribution < -0.4 is 10.4 Å². The normalized spacial score (nSPS) is 18.7. The number of H-pyrrole nitrogens is 2. The maximum atomic E-state index is 4.69. The van der Waals surface area contributed by atoms with E-state index >= 15 is 0 Å². The Balaban J connectivity index is 1.05. The van der Waals surface area contributed by atoms with E-state index in [0.717, 1.165) is 43.1 Å². The van der Waals surface area contributed by atoms with Gasteiger partial charge in [0.05, 0.1) is 17.9 Å². The molecule has 1 saturated heterocycles. The number of nitrogens with zero attached hydrogens (tertiary/aromatic N) is 3. The molecular weight excluding hydrogens is 490 g/mol. The number of rotatable bonds is 7. The van der Waals surface area contributed by atoms with Crippen LogP contribution in [0.2, 0.25) is 0 Å². The van der Waals surface area contributed by atoms with Gasteiger partial charge in [-0.1, -0.05) is 78.9 Å². The molecule has 40 heavy (non-hydrogen) atoms. The van der Waals surface area contributed by atoms with E-state index in [1.165, 1.54) is 51.2 Å². The molecule has 5 heteroatoms. The Kier molecular flexibility index (Phi) is 6.66. The first-order valence-corrected chi connectivity index (χ1v) is 14.5. The number of likely N-dealkylation sites (tertiary alicyclic amines) is 1. The lowest BCUT2D eigenvalue weighted by Gasteiger charge is -2.16. The fraction of sp³-hybridized carbons (Fsp3) is 0.257. The van der Waals surface area contributed by atoms with Crippen LogP contribution in [-0.4, -0.2) is 38.4 Å². The highest BCUT2D eigenvalue weighted by Crippen LogP contribution is 2.30. The molecule has 0 bridgehead atoms. The lowest BCUT2D eigenvalue weighted by molar-refractivity contribution is 0.307. The van der Waals surface area contributed by atoms with Gasteiger partial charge in [0.15, 0.2) is 0 Å². The first-order valence-electron chi connectivity index (χ1n) is 14.5. The van der Waals surface area contributed by atoms with Crippen molar-refractivity contribution in [3.63, 3.8) is 0 Å². The first kappa shape index (κ1) is 24.8. The fourth-order valence-electron chi connectivity index (χ4n) is 6.19. The van der Waals surface area contributed by atoms with Crippen molar-refractivity contribution in [3.8, 4) is 22.4 Å². The van der Waals surface area contributed by atoms with E-state index < -0.39 is 0 Å². The molecule has 2 aliphatic rings. The van der Waals surface area contributed by atoms with Gasteiger partial charge in [-0.25, -0.2) is 9.97 Å². The average Bonchev–Trinajstić information content (AvgIpc) is 3.77. The van der Waals surface area contributed by atoms with Gasteiger partial charge in [-0.15, -0.1) is 0 Å².